The van der Waals surface area contributed by atoms with Crippen molar-refractivity contribution in [1.29, 1.82) is 0 Å². The Labute approximate surface area is 128 Å². The summed E-state index contributed by atoms with van der Waals surface area (Å²) in [4.78, 5) is 20.1. The highest BCUT2D eigenvalue weighted by molar-refractivity contribution is 5.81. The molecule has 0 saturated heterocycles. The molecule has 0 spiro atoms. The van der Waals surface area contributed by atoms with E-state index in [2.05, 4.69) is 15.6 Å². The summed E-state index contributed by atoms with van der Waals surface area (Å²) in [5, 5.41) is 26.1. The number of nitrogens with zero attached hydrogens (tertiary/aromatic N) is 4. The molecule has 11 heteroatoms. The third kappa shape index (κ3) is 4.35. The molecular weight excluding hydrogens is 308 g/mol. The number of non-ortho nitro benzene ring substituents is 1. The molecule has 23 heavy (non-hydrogen) atoms. The molecule has 0 aliphatic heterocycles. The number of benzene rings is 1. The van der Waals surface area contributed by atoms with Crippen molar-refractivity contribution < 1.29 is 14.4 Å². The standard InChI is InChI=1S/C12H10N6O5/c13-12(16-18(21)22)15-14-7-10-5-6-11(23-10)8-1-3-9(4-2-8)17(19)20/h1-7H,(H3,13,15,16). The van der Waals surface area contributed by atoms with Gasteiger partial charge >= 0.3 is 0 Å². The van der Waals surface area contributed by atoms with Gasteiger partial charge in [0.2, 0.25) is 0 Å². The number of hydrogen-bond acceptors (Lipinski definition) is 6. The minimum Gasteiger partial charge on any atom is -0.455 e. The Morgan fingerprint density at radius 3 is 2.48 bits per heavy atom. The van der Waals surface area contributed by atoms with Gasteiger partial charge in [-0.2, -0.15) is 5.10 Å². The molecule has 1 aromatic heterocycles. The number of nitrogens with two attached hydrogens (primary N) is 1. The van der Waals surface area contributed by atoms with Crippen LogP contribution >= 0.6 is 0 Å². The largest absolute Gasteiger partial charge is 0.455 e. The number of furan rings is 1. The minimum atomic E-state index is -0.961. The van der Waals surface area contributed by atoms with Crippen LogP contribution in [-0.2, 0) is 0 Å². The SMILES string of the molecule is N/C(=N\[N+](=O)[O-])NN=Cc1ccc(-c2ccc([N+](=O)[O-])cc2)o1. The predicted molar refractivity (Wildman–Crippen MR) is 80.1 cm³/mol. The molecule has 0 fully saturated rings. The molecule has 1 heterocycles. The van der Waals surface area contributed by atoms with E-state index in [9.17, 15) is 20.2 Å². The van der Waals surface area contributed by atoms with Crippen LogP contribution in [0.2, 0.25) is 0 Å². The first kappa shape index (κ1) is 15.6. The fourth-order valence-corrected chi connectivity index (χ4v) is 1.60. The summed E-state index contributed by atoms with van der Waals surface area (Å²) in [6.07, 6.45) is 1.25. The van der Waals surface area contributed by atoms with Crippen molar-refractivity contribution >= 4 is 17.9 Å². The van der Waals surface area contributed by atoms with Crippen LogP contribution in [0.3, 0.4) is 0 Å². The third-order valence-electron chi connectivity index (χ3n) is 2.55. The smallest absolute Gasteiger partial charge is 0.286 e. The molecule has 2 aromatic rings. The minimum absolute atomic E-state index is 0.0214. The van der Waals surface area contributed by atoms with Crippen molar-refractivity contribution in [2.24, 2.45) is 15.9 Å². The Morgan fingerprint density at radius 1 is 1.17 bits per heavy atom. The van der Waals surface area contributed by atoms with Crippen molar-refractivity contribution in [3.8, 4) is 11.3 Å². The Bertz CT molecular complexity index is 779. The molecule has 118 valence electrons. The summed E-state index contributed by atoms with van der Waals surface area (Å²) in [5.74, 6) is 0.349. The highest BCUT2D eigenvalue weighted by atomic mass is 16.7. The van der Waals surface area contributed by atoms with Gasteiger partial charge in [-0.05, 0) is 24.3 Å². The first-order valence-electron chi connectivity index (χ1n) is 6.08. The lowest BCUT2D eigenvalue weighted by Crippen LogP contribution is -2.28. The zero-order valence-corrected chi connectivity index (χ0v) is 11.4. The van der Waals surface area contributed by atoms with Gasteiger partial charge < -0.3 is 10.2 Å². The fourth-order valence-electron chi connectivity index (χ4n) is 1.60. The zero-order chi connectivity index (χ0) is 16.8. The average molecular weight is 318 g/mol. The van der Waals surface area contributed by atoms with E-state index in [0.29, 0.717) is 17.1 Å². The highest BCUT2D eigenvalue weighted by Crippen LogP contribution is 2.23. The van der Waals surface area contributed by atoms with Crippen LogP contribution in [0, 0.1) is 20.2 Å². The average Bonchev–Trinajstić information content (AvgIpc) is 2.95. The van der Waals surface area contributed by atoms with Crippen molar-refractivity contribution in [3.05, 3.63) is 62.4 Å². The molecule has 2 rings (SSSR count). The van der Waals surface area contributed by atoms with Crippen LogP contribution in [-0.4, -0.2) is 22.1 Å². The van der Waals surface area contributed by atoms with Gasteiger partial charge in [-0.25, -0.2) is 15.5 Å². The molecule has 0 aliphatic rings. The maximum absolute atomic E-state index is 10.6. The lowest BCUT2D eigenvalue weighted by Gasteiger charge is -1.96. The van der Waals surface area contributed by atoms with E-state index in [0.717, 1.165) is 0 Å². The molecule has 0 saturated carbocycles. The Kier molecular flexibility index (Phi) is 4.62. The van der Waals surface area contributed by atoms with Crippen LogP contribution in [0.15, 0.2) is 51.0 Å². The number of guanidine groups is 1. The van der Waals surface area contributed by atoms with Crippen LogP contribution in [0.5, 0.6) is 0 Å². The summed E-state index contributed by atoms with van der Waals surface area (Å²) in [5.41, 5.74) is 7.95. The van der Waals surface area contributed by atoms with Gasteiger partial charge in [0, 0.05) is 17.7 Å². The molecule has 0 unspecified atom stereocenters. The first-order chi connectivity index (χ1) is 11.0. The number of hydrazone groups is 2. The van der Waals surface area contributed by atoms with Crippen LogP contribution in [0.4, 0.5) is 5.69 Å². The summed E-state index contributed by atoms with van der Waals surface area (Å²) in [6, 6.07) is 9.08. The van der Waals surface area contributed by atoms with E-state index in [1.807, 2.05) is 0 Å². The molecule has 11 nitrogen and oxygen atoms in total. The van der Waals surface area contributed by atoms with Crippen molar-refractivity contribution in [2.45, 2.75) is 0 Å². The maximum Gasteiger partial charge on any atom is 0.286 e. The molecule has 0 aliphatic carbocycles. The molecule has 0 radical (unpaired) electrons. The Hall–Kier alpha value is -3.76. The van der Waals surface area contributed by atoms with Gasteiger partial charge in [-0.15, -0.1) is 0 Å². The monoisotopic (exact) mass is 318 g/mol. The van der Waals surface area contributed by atoms with E-state index in [1.54, 1.807) is 24.3 Å². The molecular formula is C12H10N6O5. The quantitative estimate of drug-likeness (QED) is 0.363. The van der Waals surface area contributed by atoms with Gasteiger partial charge in [-0.3, -0.25) is 10.1 Å². The van der Waals surface area contributed by atoms with E-state index in [-0.39, 0.29) is 5.69 Å². The topological polar surface area (TPSA) is 162 Å². The van der Waals surface area contributed by atoms with Crippen LogP contribution in [0.1, 0.15) is 5.76 Å². The second kappa shape index (κ2) is 6.80. The van der Waals surface area contributed by atoms with E-state index >= 15 is 0 Å². The van der Waals surface area contributed by atoms with Crippen LogP contribution in [0.25, 0.3) is 11.3 Å². The fraction of sp³-hybridized carbons (Fsp3) is 0. The number of nitrogens with one attached hydrogen (secondary N) is 1. The number of rotatable bonds is 5. The molecule has 1 aromatic carbocycles. The lowest BCUT2D eigenvalue weighted by atomic mass is 10.1. The number of hydrogen-bond donors (Lipinski definition) is 2. The van der Waals surface area contributed by atoms with Gasteiger partial charge in [0.05, 0.1) is 11.1 Å². The van der Waals surface area contributed by atoms with Crippen molar-refractivity contribution in [1.82, 2.24) is 5.43 Å². The van der Waals surface area contributed by atoms with Crippen molar-refractivity contribution in [2.75, 3.05) is 0 Å². The second-order valence-corrected chi connectivity index (χ2v) is 4.10. The normalized spacial score (nSPS) is 11.6. The molecule has 0 bridgehead atoms. The number of nitro benzene ring substituents is 1. The highest BCUT2D eigenvalue weighted by Gasteiger charge is 2.07. The summed E-state index contributed by atoms with van der Waals surface area (Å²) in [6.45, 7) is 0. The molecule has 0 amide bonds. The van der Waals surface area contributed by atoms with Crippen LogP contribution < -0.4 is 11.2 Å². The van der Waals surface area contributed by atoms with E-state index in [4.69, 9.17) is 10.2 Å². The second-order valence-electron chi connectivity index (χ2n) is 4.10. The third-order valence-corrected chi connectivity index (χ3v) is 2.55. The predicted octanol–water partition coefficient (Wildman–Crippen LogP) is 1.28. The summed E-state index contributed by atoms with van der Waals surface area (Å²) >= 11 is 0. The van der Waals surface area contributed by atoms with E-state index in [1.165, 1.54) is 18.3 Å². The van der Waals surface area contributed by atoms with Gasteiger partial charge in [0.15, 0.2) is 5.03 Å². The zero-order valence-electron chi connectivity index (χ0n) is 11.4. The van der Waals surface area contributed by atoms with Gasteiger partial charge in [0.1, 0.15) is 16.6 Å². The number of nitro groups is 2. The summed E-state index contributed by atoms with van der Waals surface area (Å²) in [7, 11) is 0. The molecule has 3 N–H and O–H groups in total. The maximum atomic E-state index is 10.6. The summed E-state index contributed by atoms with van der Waals surface area (Å²) < 4.78 is 5.46. The first-order valence-corrected chi connectivity index (χ1v) is 6.08. The van der Waals surface area contributed by atoms with Gasteiger partial charge in [0.25, 0.3) is 11.6 Å². The van der Waals surface area contributed by atoms with E-state index < -0.39 is 15.9 Å². The lowest BCUT2D eigenvalue weighted by molar-refractivity contribution is -0.485. The van der Waals surface area contributed by atoms with Crippen molar-refractivity contribution in [3.63, 3.8) is 0 Å². The Morgan fingerprint density at radius 2 is 1.87 bits per heavy atom. The Balaban J connectivity index is 2.05. The molecule has 0 atom stereocenters. The van der Waals surface area contributed by atoms with Gasteiger partial charge in [-0.1, -0.05) is 0 Å².